The molecule has 2 heterocycles. The van der Waals surface area contributed by atoms with Gasteiger partial charge in [0.05, 0.1) is 18.8 Å². The van der Waals surface area contributed by atoms with Gasteiger partial charge < -0.3 is 10.1 Å². The first-order chi connectivity index (χ1) is 9.29. The Labute approximate surface area is 113 Å². The van der Waals surface area contributed by atoms with Crippen molar-refractivity contribution >= 4 is 0 Å². The summed E-state index contributed by atoms with van der Waals surface area (Å²) in [6.07, 6.45) is 5.00. The maximum atomic E-state index is 6.02. The van der Waals surface area contributed by atoms with Crippen molar-refractivity contribution in [2.24, 2.45) is 7.05 Å². The number of ether oxygens (including phenoxy) is 1. The Kier molecular flexibility index (Phi) is 3.36. The van der Waals surface area contributed by atoms with Crippen LogP contribution in [-0.2, 0) is 18.2 Å². The summed E-state index contributed by atoms with van der Waals surface area (Å²) in [5.74, 6) is 0. The fraction of sp³-hybridized carbons (Fsp3) is 0.400. The number of aromatic nitrogens is 2. The number of benzene rings is 1. The highest BCUT2D eigenvalue weighted by molar-refractivity contribution is 5.33. The van der Waals surface area contributed by atoms with Crippen LogP contribution in [0.3, 0.4) is 0 Å². The Morgan fingerprint density at radius 2 is 2.26 bits per heavy atom. The molecule has 3 rings (SSSR count). The van der Waals surface area contributed by atoms with Gasteiger partial charge in [-0.1, -0.05) is 24.3 Å². The lowest BCUT2D eigenvalue weighted by Gasteiger charge is -2.32. The molecule has 1 aromatic heterocycles. The smallest absolute Gasteiger partial charge is 0.102 e. The molecule has 0 fully saturated rings. The van der Waals surface area contributed by atoms with E-state index in [-0.39, 0.29) is 12.1 Å². The molecule has 0 amide bonds. The molecule has 0 saturated carbocycles. The van der Waals surface area contributed by atoms with Gasteiger partial charge in [-0.2, -0.15) is 5.10 Å². The minimum absolute atomic E-state index is 0.0548. The number of aryl methyl sites for hydroxylation is 1. The molecular formula is C15H19N3O. The molecular weight excluding hydrogens is 238 g/mol. The van der Waals surface area contributed by atoms with Crippen LogP contribution in [0.2, 0.25) is 0 Å². The molecule has 0 radical (unpaired) electrons. The second kappa shape index (κ2) is 5.15. The molecule has 0 saturated heterocycles. The van der Waals surface area contributed by atoms with Gasteiger partial charge in [-0.05, 0) is 24.6 Å². The van der Waals surface area contributed by atoms with E-state index in [9.17, 15) is 0 Å². The monoisotopic (exact) mass is 257 g/mol. The van der Waals surface area contributed by atoms with Gasteiger partial charge >= 0.3 is 0 Å². The molecule has 1 aliphatic rings. The van der Waals surface area contributed by atoms with Gasteiger partial charge in [0.2, 0.25) is 0 Å². The van der Waals surface area contributed by atoms with Gasteiger partial charge in [0.15, 0.2) is 0 Å². The number of nitrogens with zero attached hydrogens (tertiary/aromatic N) is 2. The molecule has 4 nitrogen and oxygen atoms in total. The average molecular weight is 257 g/mol. The van der Waals surface area contributed by atoms with E-state index in [4.69, 9.17) is 4.74 Å². The van der Waals surface area contributed by atoms with Crippen LogP contribution in [0.4, 0.5) is 0 Å². The summed E-state index contributed by atoms with van der Waals surface area (Å²) in [6.45, 7) is 0.778. The highest BCUT2D eigenvalue weighted by Crippen LogP contribution is 2.36. The van der Waals surface area contributed by atoms with Crippen LogP contribution < -0.4 is 5.32 Å². The molecule has 2 atom stereocenters. The molecule has 2 unspecified atom stereocenters. The zero-order chi connectivity index (χ0) is 13.2. The topological polar surface area (TPSA) is 39.1 Å². The lowest BCUT2D eigenvalue weighted by molar-refractivity contribution is 0.0165. The van der Waals surface area contributed by atoms with Crippen molar-refractivity contribution in [3.05, 3.63) is 53.3 Å². The van der Waals surface area contributed by atoms with E-state index >= 15 is 0 Å². The Balaban J connectivity index is 1.97. The van der Waals surface area contributed by atoms with Crippen molar-refractivity contribution in [1.29, 1.82) is 0 Å². The lowest BCUT2D eigenvalue weighted by atomic mass is 9.91. The third-order valence-electron chi connectivity index (χ3n) is 3.73. The highest BCUT2D eigenvalue weighted by atomic mass is 16.5. The first-order valence-electron chi connectivity index (χ1n) is 6.65. The van der Waals surface area contributed by atoms with Crippen LogP contribution in [0.25, 0.3) is 0 Å². The first-order valence-corrected chi connectivity index (χ1v) is 6.65. The average Bonchev–Trinajstić information content (AvgIpc) is 2.86. The van der Waals surface area contributed by atoms with Crippen molar-refractivity contribution in [2.75, 3.05) is 13.7 Å². The largest absolute Gasteiger partial charge is 0.371 e. The summed E-state index contributed by atoms with van der Waals surface area (Å²) in [5.41, 5.74) is 3.84. The predicted molar refractivity (Wildman–Crippen MR) is 73.8 cm³/mol. The molecule has 1 N–H and O–H groups in total. The SMILES string of the molecule is CNC(c1cnn(C)c1)C1OCCc2ccccc21. The van der Waals surface area contributed by atoms with Crippen LogP contribution in [0.5, 0.6) is 0 Å². The predicted octanol–water partition coefficient (Wildman–Crippen LogP) is 1.99. The summed E-state index contributed by atoms with van der Waals surface area (Å²) < 4.78 is 7.85. The van der Waals surface area contributed by atoms with Crippen molar-refractivity contribution in [3.63, 3.8) is 0 Å². The summed E-state index contributed by atoms with van der Waals surface area (Å²) >= 11 is 0. The van der Waals surface area contributed by atoms with Gasteiger partial charge in [-0.3, -0.25) is 4.68 Å². The molecule has 19 heavy (non-hydrogen) atoms. The normalized spacial score (nSPS) is 20.0. The Bertz CT molecular complexity index is 564. The van der Waals surface area contributed by atoms with E-state index in [0.717, 1.165) is 18.6 Å². The molecule has 0 bridgehead atoms. The zero-order valence-electron chi connectivity index (χ0n) is 11.3. The highest BCUT2D eigenvalue weighted by Gasteiger charge is 2.29. The van der Waals surface area contributed by atoms with Crippen molar-refractivity contribution < 1.29 is 4.74 Å². The summed E-state index contributed by atoms with van der Waals surface area (Å²) in [6, 6.07) is 8.67. The van der Waals surface area contributed by atoms with Crippen molar-refractivity contribution in [2.45, 2.75) is 18.6 Å². The van der Waals surface area contributed by atoms with Crippen LogP contribution in [0, 0.1) is 0 Å². The van der Waals surface area contributed by atoms with Gasteiger partial charge in [-0.15, -0.1) is 0 Å². The van der Waals surface area contributed by atoms with Gasteiger partial charge in [0, 0.05) is 18.8 Å². The van der Waals surface area contributed by atoms with Gasteiger partial charge in [-0.25, -0.2) is 0 Å². The second-order valence-electron chi connectivity index (χ2n) is 4.95. The van der Waals surface area contributed by atoms with Crippen molar-refractivity contribution in [3.8, 4) is 0 Å². The minimum Gasteiger partial charge on any atom is -0.371 e. The fourth-order valence-electron chi connectivity index (χ4n) is 2.79. The van der Waals surface area contributed by atoms with Gasteiger partial charge in [0.25, 0.3) is 0 Å². The van der Waals surface area contributed by atoms with E-state index < -0.39 is 0 Å². The Hall–Kier alpha value is -1.65. The van der Waals surface area contributed by atoms with E-state index in [1.165, 1.54) is 11.1 Å². The number of fused-ring (bicyclic) bond motifs is 1. The van der Waals surface area contributed by atoms with Crippen LogP contribution in [0.1, 0.15) is 28.8 Å². The number of nitrogens with one attached hydrogen (secondary N) is 1. The van der Waals surface area contributed by atoms with Crippen LogP contribution >= 0.6 is 0 Å². The molecule has 1 aliphatic heterocycles. The Morgan fingerprint density at radius 1 is 1.42 bits per heavy atom. The minimum atomic E-state index is 0.0548. The lowest BCUT2D eigenvalue weighted by Crippen LogP contribution is -2.29. The van der Waals surface area contributed by atoms with Crippen LogP contribution in [0.15, 0.2) is 36.7 Å². The van der Waals surface area contributed by atoms with E-state index in [1.54, 1.807) is 0 Å². The van der Waals surface area contributed by atoms with E-state index in [2.05, 4.69) is 34.7 Å². The van der Waals surface area contributed by atoms with E-state index in [0.29, 0.717) is 0 Å². The number of likely N-dealkylation sites (N-methyl/N-ethyl adjacent to an activating group) is 1. The summed E-state index contributed by atoms with van der Waals surface area (Å²) in [7, 11) is 3.91. The zero-order valence-corrected chi connectivity index (χ0v) is 11.3. The first kappa shape index (κ1) is 12.4. The molecule has 1 aromatic carbocycles. The summed E-state index contributed by atoms with van der Waals surface area (Å²) in [4.78, 5) is 0. The fourth-order valence-corrected chi connectivity index (χ4v) is 2.79. The molecule has 0 spiro atoms. The second-order valence-corrected chi connectivity index (χ2v) is 4.95. The standard InChI is InChI=1S/C15H19N3O/c1-16-14(12-9-17-18(2)10-12)15-13-6-4-3-5-11(13)7-8-19-15/h3-6,9-10,14-16H,7-8H2,1-2H3. The number of hydrogen-bond acceptors (Lipinski definition) is 3. The molecule has 0 aliphatic carbocycles. The third-order valence-corrected chi connectivity index (χ3v) is 3.73. The number of rotatable bonds is 3. The molecule has 4 heteroatoms. The maximum absolute atomic E-state index is 6.02. The number of hydrogen-bond donors (Lipinski definition) is 1. The van der Waals surface area contributed by atoms with Crippen LogP contribution in [-0.4, -0.2) is 23.4 Å². The third kappa shape index (κ3) is 2.29. The quantitative estimate of drug-likeness (QED) is 0.914. The van der Waals surface area contributed by atoms with Crippen molar-refractivity contribution in [1.82, 2.24) is 15.1 Å². The Morgan fingerprint density at radius 3 is 3.00 bits per heavy atom. The maximum Gasteiger partial charge on any atom is 0.102 e. The summed E-state index contributed by atoms with van der Waals surface area (Å²) in [5, 5.41) is 7.62. The van der Waals surface area contributed by atoms with Gasteiger partial charge in [0.1, 0.15) is 6.10 Å². The molecule has 100 valence electrons. The molecule has 2 aromatic rings. The van der Waals surface area contributed by atoms with E-state index in [1.807, 2.05) is 31.2 Å².